The van der Waals surface area contributed by atoms with Gasteiger partial charge in [0.05, 0.1) is 5.56 Å². The third-order valence-corrected chi connectivity index (χ3v) is 3.29. The number of carbonyl (C=O) groups excluding carboxylic acids is 2. The normalized spacial score (nSPS) is 11.1. The van der Waals surface area contributed by atoms with E-state index < -0.39 is 18.2 Å². The van der Waals surface area contributed by atoms with E-state index in [9.17, 15) is 22.8 Å². The van der Waals surface area contributed by atoms with Crippen molar-refractivity contribution in [1.82, 2.24) is 25.1 Å². The summed E-state index contributed by atoms with van der Waals surface area (Å²) in [5, 5.41) is 7.95. The van der Waals surface area contributed by atoms with Crippen molar-refractivity contribution in [2.24, 2.45) is 0 Å². The Morgan fingerprint density at radius 3 is 2.40 bits per heavy atom. The van der Waals surface area contributed by atoms with Crippen LogP contribution >= 0.6 is 0 Å². The molecule has 0 unspecified atom stereocenters. The minimum Gasteiger partial charge on any atom is -0.444 e. The summed E-state index contributed by atoms with van der Waals surface area (Å²) < 4.78 is 46.5. The van der Waals surface area contributed by atoms with Crippen LogP contribution in [0.1, 0.15) is 18.4 Å². The molecule has 3 aromatic heterocycles. The van der Waals surface area contributed by atoms with E-state index in [1.54, 1.807) is 12.1 Å². The maximum Gasteiger partial charge on any atom is 0.471 e. The van der Waals surface area contributed by atoms with E-state index in [2.05, 4.69) is 40.2 Å². The van der Waals surface area contributed by atoms with Gasteiger partial charge in [-0.3, -0.25) is 10.1 Å². The van der Waals surface area contributed by atoms with Gasteiger partial charge in [0.2, 0.25) is 17.7 Å². The summed E-state index contributed by atoms with van der Waals surface area (Å²) in [4.78, 5) is 37.5. The fraction of sp³-hybridized carbons (Fsp3) is 0.188. The van der Waals surface area contributed by atoms with Crippen LogP contribution in [0.4, 0.5) is 29.7 Å². The van der Waals surface area contributed by atoms with Crippen LogP contribution in [0.5, 0.6) is 0 Å². The second-order valence-electron chi connectivity index (χ2n) is 5.65. The molecular weight excluding hydrogens is 411 g/mol. The van der Waals surface area contributed by atoms with Crippen LogP contribution in [-0.4, -0.2) is 37.1 Å². The average Bonchev–Trinajstić information content (AvgIpc) is 3.18. The molecule has 0 radical (unpaired) electrons. The number of amides is 2. The van der Waals surface area contributed by atoms with Gasteiger partial charge in [-0.15, -0.1) is 0 Å². The Bertz CT molecular complexity index is 1040. The second kappa shape index (κ2) is 8.50. The second-order valence-corrected chi connectivity index (χ2v) is 5.65. The molecule has 0 spiro atoms. The van der Waals surface area contributed by atoms with Crippen molar-refractivity contribution in [3.8, 4) is 11.4 Å². The number of ether oxygens (including phenoxy) is 1. The Balaban J connectivity index is 1.53. The fourth-order valence-corrected chi connectivity index (χ4v) is 2.00. The van der Waals surface area contributed by atoms with E-state index in [-0.39, 0.29) is 29.9 Å². The lowest BCUT2D eigenvalue weighted by Crippen LogP contribution is -2.15. The summed E-state index contributed by atoms with van der Waals surface area (Å²) in [7, 11) is 0. The van der Waals surface area contributed by atoms with Crippen LogP contribution in [-0.2, 0) is 22.3 Å². The van der Waals surface area contributed by atoms with E-state index in [1.165, 1.54) is 13.1 Å². The number of hydrogen-bond acceptors (Lipinski definition) is 9. The predicted molar refractivity (Wildman–Crippen MR) is 92.7 cm³/mol. The lowest BCUT2D eigenvalue weighted by atomic mass is 10.3. The van der Waals surface area contributed by atoms with Crippen LogP contribution < -0.4 is 10.6 Å². The Labute approximate surface area is 165 Å². The van der Waals surface area contributed by atoms with E-state index in [1.807, 2.05) is 0 Å². The van der Waals surface area contributed by atoms with Gasteiger partial charge in [-0.2, -0.15) is 18.2 Å². The van der Waals surface area contributed by atoms with Gasteiger partial charge >= 0.3 is 18.2 Å². The molecule has 3 rings (SSSR count). The number of carbonyl (C=O) groups is 2. The number of rotatable bonds is 5. The van der Waals surface area contributed by atoms with Gasteiger partial charge in [-0.05, 0) is 6.07 Å². The average molecular weight is 423 g/mol. The zero-order chi connectivity index (χ0) is 21.7. The van der Waals surface area contributed by atoms with Crippen molar-refractivity contribution in [2.45, 2.75) is 19.7 Å². The van der Waals surface area contributed by atoms with Crippen molar-refractivity contribution in [1.29, 1.82) is 0 Å². The summed E-state index contributed by atoms with van der Waals surface area (Å²) >= 11 is 0. The van der Waals surface area contributed by atoms with Crippen LogP contribution in [0.25, 0.3) is 11.4 Å². The smallest absolute Gasteiger partial charge is 0.444 e. The van der Waals surface area contributed by atoms with Gasteiger partial charge in [-0.25, -0.2) is 19.7 Å². The Hall–Kier alpha value is -4.10. The Morgan fingerprint density at radius 1 is 1.10 bits per heavy atom. The van der Waals surface area contributed by atoms with Crippen molar-refractivity contribution in [2.75, 3.05) is 10.6 Å². The van der Waals surface area contributed by atoms with Gasteiger partial charge in [0.25, 0.3) is 0 Å². The minimum atomic E-state index is -4.77. The van der Waals surface area contributed by atoms with Gasteiger partial charge in [0.1, 0.15) is 12.4 Å². The highest BCUT2D eigenvalue weighted by Gasteiger charge is 2.38. The van der Waals surface area contributed by atoms with Crippen LogP contribution in [0.15, 0.2) is 35.2 Å². The number of pyridine rings is 1. The van der Waals surface area contributed by atoms with Crippen molar-refractivity contribution in [3.63, 3.8) is 0 Å². The number of nitrogens with one attached hydrogen (secondary N) is 2. The summed E-state index contributed by atoms with van der Waals surface area (Å²) in [6, 6.07) is 3.15. The summed E-state index contributed by atoms with van der Waals surface area (Å²) in [6.07, 6.45) is -2.00. The molecule has 0 bridgehead atoms. The maximum absolute atomic E-state index is 12.5. The monoisotopic (exact) mass is 423 g/mol. The molecule has 0 atom stereocenters. The lowest BCUT2D eigenvalue weighted by molar-refractivity contribution is -0.159. The molecule has 156 valence electrons. The van der Waals surface area contributed by atoms with Crippen molar-refractivity contribution < 1.29 is 32.0 Å². The Kier molecular flexibility index (Phi) is 5.85. The molecule has 0 aliphatic carbocycles. The van der Waals surface area contributed by atoms with E-state index in [0.29, 0.717) is 11.4 Å². The first kappa shape index (κ1) is 20.6. The van der Waals surface area contributed by atoms with Crippen LogP contribution in [0.3, 0.4) is 0 Å². The first-order valence-electron chi connectivity index (χ1n) is 8.10. The summed E-state index contributed by atoms with van der Waals surface area (Å²) in [5.41, 5.74) is 0.617. The molecule has 0 aromatic carbocycles. The molecule has 11 nitrogen and oxygen atoms in total. The third-order valence-electron chi connectivity index (χ3n) is 3.29. The number of anilines is 2. The third kappa shape index (κ3) is 5.46. The number of hydrogen-bond donors (Lipinski definition) is 2. The largest absolute Gasteiger partial charge is 0.471 e. The summed E-state index contributed by atoms with van der Waals surface area (Å²) in [6.45, 7) is 1.24. The van der Waals surface area contributed by atoms with Gasteiger partial charge in [-0.1, -0.05) is 11.2 Å². The highest BCUT2D eigenvalue weighted by Crippen LogP contribution is 2.29. The molecular formula is C16H12F3N7O4. The number of alkyl halides is 3. The molecule has 2 N–H and O–H groups in total. The molecule has 0 aliphatic rings. The van der Waals surface area contributed by atoms with Gasteiger partial charge < -0.3 is 14.6 Å². The van der Waals surface area contributed by atoms with Crippen LogP contribution in [0.2, 0.25) is 0 Å². The molecule has 0 fully saturated rings. The molecule has 0 saturated carbocycles. The zero-order valence-corrected chi connectivity index (χ0v) is 15.1. The first-order valence-corrected chi connectivity index (χ1v) is 8.10. The number of halogens is 3. The highest BCUT2D eigenvalue weighted by molar-refractivity contribution is 5.87. The molecule has 30 heavy (non-hydrogen) atoms. The van der Waals surface area contributed by atoms with Gasteiger partial charge in [0, 0.05) is 31.1 Å². The molecule has 0 saturated heterocycles. The highest BCUT2D eigenvalue weighted by atomic mass is 19.4. The van der Waals surface area contributed by atoms with Crippen molar-refractivity contribution >= 4 is 23.8 Å². The predicted octanol–water partition coefficient (Wildman–Crippen LogP) is 2.65. The van der Waals surface area contributed by atoms with Crippen molar-refractivity contribution in [3.05, 3.63) is 42.2 Å². The minimum absolute atomic E-state index is 0.0542. The standard InChI is InChI=1S/C16H12F3N7O4/c1-8(27)23-11-3-2-9(4-20-11)7-29-15(28)25-14-21-5-10(6-22-14)12-24-13(30-26-12)16(17,18)19/h2-6H,7H2,1H3,(H,20,23,27)(H,21,22,25,28). The zero-order valence-electron chi connectivity index (χ0n) is 15.1. The molecule has 3 heterocycles. The quantitative estimate of drug-likeness (QED) is 0.632. The van der Waals surface area contributed by atoms with Gasteiger partial charge in [0.15, 0.2) is 0 Å². The maximum atomic E-state index is 12.5. The molecule has 14 heteroatoms. The number of aromatic nitrogens is 5. The van der Waals surface area contributed by atoms with E-state index in [0.717, 1.165) is 12.4 Å². The SMILES string of the molecule is CC(=O)Nc1ccc(COC(=O)Nc2ncc(-c3noc(C(F)(F)F)n3)cn2)cn1. The molecule has 0 aliphatic heterocycles. The topological polar surface area (TPSA) is 145 Å². The summed E-state index contributed by atoms with van der Waals surface area (Å²) in [5.74, 6) is -1.91. The lowest BCUT2D eigenvalue weighted by Gasteiger charge is -2.07. The first-order chi connectivity index (χ1) is 14.2. The molecule has 3 aromatic rings. The van der Waals surface area contributed by atoms with Crippen LogP contribution in [0, 0.1) is 0 Å². The molecule has 2 amide bonds. The number of nitrogens with zero attached hydrogens (tertiary/aromatic N) is 5. The Morgan fingerprint density at radius 2 is 1.83 bits per heavy atom. The fourth-order valence-electron chi connectivity index (χ4n) is 2.00. The van der Waals surface area contributed by atoms with E-state index >= 15 is 0 Å². The van der Waals surface area contributed by atoms with E-state index in [4.69, 9.17) is 4.74 Å².